The fourth-order valence-corrected chi connectivity index (χ4v) is 3.97. The number of aliphatic hydroxyl groups excluding tert-OH is 1. The number of ether oxygens (including phenoxy) is 1. The third-order valence-corrected chi connectivity index (χ3v) is 5.47. The van der Waals surface area contributed by atoms with Crippen LogP contribution in [0.1, 0.15) is 28.6 Å². The first-order valence-electron chi connectivity index (χ1n) is 9.94. The average Bonchev–Trinajstić information content (AvgIpc) is 3.38. The Morgan fingerprint density at radius 2 is 1.90 bits per heavy atom. The number of nitrogens with zero attached hydrogens (tertiary/aromatic N) is 2. The number of aliphatic hydroxyl groups is 1. The fraction of sp³-hybridized carbons (Fsp3) is 0.364. The molecule has 0 bridgehead atoms. The molecule has 158 valence electrons. The number of Topliss-reactive ketones (excluding diaryl/α,β-unsaturated/α-hetero) is 1. The van der Waals surface area contributed by atoms with Crippen molar-refractivity contribution in [3.8, 4) is 0 Å². The summed E-state index contributed by atoms with van der Waals surface area (Å²) in [7, 11) is 0. The molecule has 2 aromatic rings. The van der Waals surface area contributed by atoms with Gasteiger partial charge in [0.05, 0.1) is 31.1 Å². The first-order chi connectivity index (χ1) is 14.6. The molecule has 3 heterocycles. The Labute approximate surface area is 173 Å². The van der Waals surface area contributed by atoms with Gasteiger partial charge < -0.3 is 19.2 Å². The second-order valence-electron chi connectivity index (χ2n) is 7.30. The summed E-state index contributed by atoms with van der Waals surface area (Å²) < 4.78 is 25.2. The summed E-state index contributed by atoms with van der Waals surface area (Å²) >= 11 is 0. The Bertz CT molecular complexity index is 950. The highest BCUT2D eigenvalue weighted by Gasteiger charge is 2.45. The van der Waals surface area contributed by atoms with E-state index in [0.717, 1.165) is 19.6 Å². The summed E-state index contributed by atoms with van der Waals surface area (Å²) in [4.78, 5) is 29.4. The van der Waals surface area contributed by atoms with E-state index in [4.69, 9.17) is 9.15 Å². The van der Waals surface area contributed by atoms with Crippen molar-refractivity contribution in [1.82, 2.24) is 9.80 Å². The van der Waals surface area contributed by atoms with Gasteiger partial charge >= 0.3 is 0 Å². The number of ketones is 1. The molecule has 1 atom stereocenters. The lowest BCUT2D eigenvalue weighted by Crippen LogP contribution is -2.39. The van der Waals surface area contributed by atoms with Crippen LogP contribution in [0.15, 0.2) is 58.4 Å². The normalized spacial score (nSPS) is 20.2. The summed E-state index contributed by atoms with van der Waals surface area (Å²) in [6.45, 7) is 3.98. The van der Waals surface area contributed by atoms with Gasteiger partial charge in [-0.05, 0) is 24.6 Å². The minimum absolute atomic E-state index is 0.0131. The van der Waals surface area contributed by atoms with Gasteiger partial charge in [-0.2, -0.15) is 0 Å². The summed E-state index contributed by atoms with van der Waals surface area (Å²) in [6, 6.07) is 7.95. The molecule has 1 amide bonds. The highest BCUT2D eigenvalue weighted by atomic mass is 19.1. The van der Waals surface area contributed by atoms with Gasteiger partial charge in [0.1, 0.15) is 5.82 Å². The van der Waals surface area contributed by atoms with E-state index in [1.165, 1.54) is 35.4 Å². The van der Waals surface area contributed by atoms with E-state index >= 15 is 0 Å². The maximum Gasteiger partial charge on any atom is 0.290 e. The van der Waals surface area contributed by atoms with Gasteiger partial charge in [-0.3, -0.25) is 14.5 Å². The third-order valence-electron chi connectivity index (χ3n) is 5.47. The van der Waals surface area contributed by atoms with Crippen LogP contribution in [0, 0.1) is 5.82 Å². The number of rotatable bonds is 7. The highest BCUT2D eigenvalue weighted by molar-refractivity contribution is 6.15. The van der Waals surface area contributed by atoms with Crippen molar-refractivity contribution in [1.29, 1.82) is 0 Å². The van der Waals surface area contributed by atoms with Crippen LogP contribution in [0.5, 0.6) is 0 Å². The van der Waals surface area contributed by atoms with E-state index in [1.807, 2.05) is 0 Å². The lowest BCUT2D eigenvalue weighted by Gasteiger charge is -2.30. The monoisotopic (exact) mass is 414 g/mol. The quantitative estimate of drug-likeness (QED) is 0.702. The van der Waals surface area contributed by atoms with E-state index in [-0.39, 0.29) is 23.4 Å². The SMILES string of the molecule is O=C(C1=C(O)C(=O)N(CCCN2CCOCC2)C1c1ccccc1F)c1ccco1. The van der Waals surface area contributed by atoms with Crippen molar-refractivity contribution in [2.45, 2.75) is 12.5 Å². The zero-order chi connectivity index (χ0) is 21.1. The Morgan fingerprint density at radius 1 is 1.13 bits per heavy atom. The predicted molar refractivity (Wildman–Crippen MR) is 105 cm³/mol. The van der Waals surface area contributed by atoms with Crippen molar-refractivity contribution in [2.75, 3.05) is 39.4 Å². The minimum Gasteiger partial charge on any atom is -0.503 e. The van der Waals surface area contributed by atoms with E-state index in [1.54, 1.807) is 12.1 Å². The van der Waals surface area contributed by atoms with Gasteiger partial charge in [0.25, 0.3) is 5.91 Å². The van der Waals surface area contributed by atoms with Crippen molar-refractivity contribution in [3.05, 3.63) is 71.1 Å². The summed E-state index contributed by atoms with van der Waals surface area (Å²) in [5, 5.41) is 10.5. The van der Waals surface area contributed by atoms with Gasteiger partial charge in [-0.15, -0.1) is 0 Å². The number of hydrogen-bond donors (Lipinski definition) is 1. The van der Waals surface area contributed by atoms with Crippen LogP contribution < -0.4 is 0 Å². The van der Waals surface area contributed by atoms with E-state index in [0.29, 0.717) is 19.6 Å². The molecule has 1 aromatic carbocycles. The van der Waals surface area contributed by atoms with E-state index < -0.39 is 29.3 Å². The average molecular weight is 414 g/mol. The largest absolute Gasteiger partial charge is 0.503 e. The molecular weight excluding hydrogens is 391 g/mol. The summed E-state index contributed by atoms with van der Waals surface area (Å²) in [6.07, 6.45) is 1.95. The number of hydrogen-bond acceptors (Lipinski definition) is 6. The van der Waals surface area contributed by atoms with Crippen LogP contribution in [0.4, 0.5) is 4.39 Å². The molecule has 4 rings (SSSR count). The molecule has 0 spiro atoms. The lowest BCUT2D eigenvalue weighted by molar-refractivity contribution is -0.129. The van der Waals surface area contributed by atoms with Crippen LogP contribution >= 0.6 is 0 Å². The number of amides is 1. The van der Waals surface area contributed by atoms with Crippen molar-refractivity contribution >= 4 is 11.7 Å². The molecule has 1 aromatic heterocycles. The predicted octanol–water partition coefficient (Wildman–Crippen LogP) is 2.72. The third kappa shape index (κ3) is 3.88. The molecule has 1 N–H and O–H groups in total. The van der Waals surface area contributed by atoms with Crippen molar-refractivity contribution in [2.24, 2.45) is 0 Å². The standard InChI is InChI=1S/C22H23FN2O5/c23-16-6-2-1-5-15(16)19-18(20(26)17-7-3-12-30-17)21(27)22(28)25(19)9-4-8-24-10-13-29-14-11-24/h1-3,5-7,12,19,27H,4,8-11,13-14H2. The zero-order valence-electron chi connectivity index (χ0n) is 16.4. The smallest absolute Gasteiger partial charge is 0.290 e. The van der Waals surface area contributed by atoms with E-state index in [9.17, 15) is 19.1 Å². The molecule has 0 aliphatic carbocycles. The van der Waals surface area contributed by atoms with Gasteiger partial charge in [-0.1, -0.05) is 18.2 Å². The van der Waals surface area contributed by atoms with Crippen LogP contribution in [-0.2, 0) is 9.53 Å². The maximum atomic E-state index is 14.7. The number of carbonyl (C=O) groups excluding carboxylic acids is 2. The Kier molecular flexibility index (Phi) is 5.96. The Morgan fingerprint density at radius 3 is 2.60 bits per heavy atom. The molecule has 0 radical (unpaired) electrons. The number of carbonyl (C=O) groups is 2. The Hall–Kier alpha value is -2.97. The molecular formula is C22H23FN2O5. The number of morpholine rings is 1. The number of halogens is 1. The van der Waals surface area contributed by atoms with Gasteiger partial charge in [0.2, 0.25) is 5.78 Å². The highest BCUT2D eigenvalue weighted by Crippen LogP contribution is 2.40. The number of furan rings is 1. The molecule has 1 saturated heterocycles. The van der Waals surface area contributed by atoms with E-state index in [2.05, 4.69) is 4.90 Å². The van der Waals surface area contributed by atoms with Crippen LogP contribution in [0.3, 0.4) is 0 Å². The maximum absolute atomic E-state index is 14.7. The first kappa shape index (κ1) is 20.3. The molecule has 2 aliphatic rings. The first-order valence-corrected chi connectivity index (χ1v) is 9.94. The van der Waals surface area contributed by atoms with Crippen LogP contribution in [0.25, 0.3) is 0 Å². The van der Waals surface area contributed by atoms with Crippen LogP contribution in [0.2, 0.25) is 0 Å². The van der Waals surface area contributed by atoms with Gasteiger partial charge in [-0.25, -0.2) is 4.39 Å². The zero-order valence-corrected chi connectivity index (χ0v) is 16.4. The summed E-state index contributed by atoms with van der Waals surface area (Å²) in [5.41, 5.74) is 0.00241. The minimum atomic E-state index is -1.01. The fourth-order valence-electron chi connectivity index (χ4n) is 3.97. The van der Waals surface area contributed by atoms with Crippen molar-refractivity contribution in [3.63, 3.8) is 0 Å². The second kappa shape index (κ2) is 8.81. The molecule has 0 saturated carbocycles. The molecule has 7 nitrogen and oxygen atoms in total. The second-order valence-corrected chi connectivity index (χ2v) is 7.30. The Balaban J connectivity index is 1.61. The van der Waals surface area contributed by atoms with Gasteiger partial charge in [0.15, 0.2) is 11.5 Å². The molecule has 30 heavy (non-hydrogen) atoms. The lowest BCUT2D eigenvalue weighted by atomic mass is 9.94. The molecule has 1 fully saturated rings. The van der Waals surface area contributed by atoms with Crippen molar-refractivity contribution < 1.29 is 28.2 Å². The molecule has 1 unspecified atom stereocenters. The van der Waals surface area contributed by atoms with Gasteiger partial charge in [0, 0.05) is 31.7 Å². The molecule has 2 aliphatic heterocycles. The molecule has 8 heteroatoms. The summed E-state index contributed by atoms with van der Waals surface area (Å²) in [5.74, 6) is -2.53. The van der Waals surface area contributed by atoms with Crippen LogP contribution in [-0.4, -0.2) is 66.0 Å². The number of benzene rings is 1. The topological polar surface area (TPSA) is 83.2 Å².